The Labute approximate surface area is 151 Å². The molecule has 0 spiro atoms. The molecule has 0 N–H and O–H groups in total. The van der Waals surface area contributed by atoms with E-state index in [0.717, 1.165) is 40.0 Å². The van der Waals surface area contributed by atoms with Crippen molar-refractivity contribution < 1.29 is 4.74 Å². The van der Waals surface area contributed by atoms with Crippen molar-refractivity contribution in [2.24, 2.45) is 0 Å². The fourth-order valence-electron chi connectivity index (χ4n) is 3.32. The van der Waals surface area contributed by atoms with Crippen molar-refractivity contribution in [3.05, 3.63) is 81.4 Å². The van der Waals surface area contributed by atoms with E-state index in [4.69, 9.17) is 4.74 Å². The quantitative estimate of drug-likeness (QED) is 0.730. The van der Waals surface area contributed by atoms with Gasteiger partial charge < -0.3 is 4.74 Å². The van der Waals surface area contributed by atoms with Crippen molar-refractivity contribution in [2.75, 3.05) is 7.11 Å². The van der Waals surface area contributed by atoms with E-state index in [1.54, 1.807) is 25.6 Å². The van der Waals surface area contributed by atoms with Gasteiger partial charge in [0.2, 0.25) is 0 Å². The smallest absolute Gasteiger partial charge is 0.276 e. The number of ether oxygens (including phenoxy) is 1. The predicted octanol–water partition coefficient (Wildman–Crippen LogP) is 3.43. The number of aryl methyl sites for hydroxylation is 1. The van der Waals surface area contributed by atoms with Gasteiger partial charge in [0.25, 0.3) is 5.56 Å². The molecule has 130 valence electrons. The number of hydrogen-bond donors (Lipinski definition) is 0. The van der Waals surface area contributed by atoms with Gasteiger partial charge in [0.05, 0.1) is 13.3 Å². The van der Waals surface area contributed by atoms with E-state index < -0.39 is 0 Å². The maximum atomic E-state index is 12.8. The number of aromatic nitrogens is 3. The SMILES string of the molecule is COc1cc(C)ccc1C1=Cc2cnn(-c3ccccn3)c(=O)c2CC1. The number of hydrogen-bond acceptors (Lipinski definition) is 4. The van der Waals surface area contributed by atoms with Gasteiger partial charge in [0, 0.05) is 22.9 Å². The maximum absolute atomic E-state index is 12.8. The molecule has 1 aliphatic rings. The van der Waals surface area contributed by atoms with Gasteiger partial charge in [-0.25, -0.2) is 4.98 Å². The zero-order valence-electron chi connectivity index (χ0n) is 14.8. The minimum Gasteiger partial charge on any atom is -0.496 e. The number of methoxy groups -OCH3 is 1. The van der Waals surface area contributed by atoms with Crippen LogP contribution in [-0.4, -0.2) is 21.9 Å². The van der Waals surface area contributed by atoms with E-state index in [1.807, 2.05) is 31.2 Å². The van der Waals surface area contributed by atoms with Gasteiger partial charge in [-0.05, 0) is 55.2 Å². The molecule has 3 aromatic rings. The number of nitrogens with zero attached hydrogens (tertiary/aromatic N) is 3. The lowest BCUT2D eigenvalue weighted by atomic mass is 9.89. The van der Waals surface area contributed by atoms with Crippen LogP contribution in [0.15, 0.2) is 53.6 Å². The molecule has 5 heteroatoms. The molecule has 0 amide bonds. The monoisotopic (exact) mass is 345 g/mol. The average Bonchev–Trinajstić information content (AvgIpc) is 2.68. The Balaban J connectivity index is 1.79. The molecule has 1 aliphatic carbocycles. The summed E-state index contributed by atoms with van der Waals surface area (Å²) in [5, 5.41) is 4.31. The summed E-state index contributed by atoms with van der Waals surface area (Å²) in [5.74, 6) is 1.39. The summed E-state index contributed by atoms with van der Waals surface area (Å²) in [7, 11) is 1.68. The summed E-state index contributed by atoms with van der Waals surface area (Å²) >= 11 is 0. The van der Waals surface area contributed by atoms with E-state index >= 15 is 0 Å². The second-order valence-electron chi connectivity index (χ2n) is 6.36. The van der Waals surface area contributed by atoms with Crippen LogP contribution in [-0.2, 0) is 6.42 Å². The first kappa shape index (κ1) is 16.3. The Morgan fingerprint density at radius 2 is 2.04 bits per heavy atom. The molecule has 1 aromatic carbocycles. The summed E-state index contributed by atoms with van der Waals surface area (Å²) in [4.78, 5) is 17.1. The Bertz CT molecular complexity index is 1050. The molecule has 0 bridgehead atoms. The van der Waals surface area contributed by atoms with Crippen LogP contribution in [0.5, 0.6) is 5.75 Å². The van der Waals surface area contributed by atoms with Crippen molar-refractivity contribution >= 4 is 11.6 Å². The number of benzene rings is 1. The van der Waals surface area contributed by atoms with Crippen molar-refractivity contribution in [3.63, 3.8) is 0 Å². The molecule has 4 rings (SSSR count). The lowest BCUT2D eigenvalue weighted by molar-refractivity contribution is 0.413. The summed E-state index contributed by atoms with van der Waals surface area (Å²) in [6, 6.07) is 11.6. The zero-order valence-corrected chi connectivity index (χ0v) is 14.8. The molecular weight excluding hydrogens is 326 g/mol. The molecule has 0 saturated heterocycles. The van der Waals surface area contributed by atoms with Gasteiger partial charge in [0.15, 0.2) is 5.82 Å². The van der Waals surface area contributed by atoms with Crippen LogP contribution in [0.25, 0.3) is 17.5 Å². The van der Waals surface area contributed by atoms with Crippen LogP contribution >= 0.6 is 0 Å². The van der Waals surface area contributed by atoms with Crippen molar-refractivity contribution in [2.45, 2.75) is 19.8 Å². The zero-order chi connectivity index (χ0) is 18.1. The third kappa shape index (κ3) is 2.81. The van der Waals surface area contributed by atoms with E-state index in [-0.39, 0.29) is 5.56 Å². The maximum Gasteiger partial charge on any atom is 0.276 e. The Hall–Kier alpha value is -3.21. The van der Waals surface area contributed by atoms with E-state index in [9.17, 15) is 4.79 Å². The highest BCUT2D eigenvalue weighted by molar-refractivity contribution is 5.86. The predicted molar refractivity (Wildman–Crippen MR) is 102 cm³/mol. The first-order chi connectivity index (χ1) is 12.7. The number of pyridine rings is 1. The highest BCUT2D eigenvalue weighted by atomic mass is 16.5. The first-order valence-corrected chi connectivity index (χ1v) is 8.55. The second-order valence-corrected chi connectivity index (χ2v) is 6.36. The van der Waals surface area contributed by atoms with E-state index in [1.165, 1.54) is 4.68 Å². The lowest BCUT2D eigenvalue weighted by Gasteiger charge is -2.19. The van der Waals surface area contributed by atoms with Crippen LogP contribution in [0.4, 0.5) is 0 Å². The molecule has 26 heavy (non-hydrogen) atoms. The summed E-state index contributed by atoms with van der Waals surface area (Å²) in [5.41, 5.74) is 4.92. The fourth-order valence-corrected chi connectivity index (χ4v) is 3.32. The Morgan fingerprint density at radius 1 is 1.15 bits per heavy atom. The van der Waals surface area contributed by atoms with Crippen LogP contribution in [0.2, 0.25) is 0 Å². The average molecular weight is 345 g/mol. The Morgan fingerprint density at radius 3 is 2.81 bits per heavy atom. The minimum absolute atomic E-state index is 0.104. The highest BCUT2D eigenvalue weighted by Crippen LogP contribution is 2.34. The van der Waals surface area contributed by atoms with Crippen molar-refractivity contribution in [1.29, 1.82) is 0 Å². The van der Waals surface area contributed by atoms with Crippen molar-refractivity contribution in [1.82, 2.24) is 14.8 Å². The summed E-state index contributed by atoms with van der Waals surface area (Å²) in [6.45, 7) is 2.04. The lowest BCUT2D eigenvalue weighted by Crippen LogP contribution is -2.27. The molecule has 2 heterocycles. The molecular formula is C21H19N3O2. The molecule has 0 unspecified atom stereocenters. The van der Waals surface area contributed by atoms with Gasteiger partial charge in [-0.15, -0.1) is 0 Å². The summed E-state index contributed by atoms with van der Waals surface area (Å²) < 4.78 is 6.90. The number of rotatable bonds is 3. The normalized spacial score (nSPS) is 13.1. The van der Waals surface area contributed by atoms with Gasteiger partial charge in [-0.3, -0.25) is 4.79 Å². The molecule has 2 aromatic heterocycles. The fraction of sp³-hybridized carbons (Fsp3) is 0.190. The van der Waals surface area contributed by atoms with Gasteiger partial charge in [-0.1, -0.05) is 18.2 Å². The Kier molecular flexibility index (Phi) is 4.13. The molecule has 0 atom stereocenters. The number of allylic oxidation sites excluding steroid dienone is 1. The van der Waals surface area contributed by atoms with Crippen molar-refractivity contribution in [3.8, 4) is 11.6 Å². The standard InChI is InChI=1S/C21H19N3O2/c1-14-6-8-17(19(11-14)26-2)15-7-9-18-16(12-15)13-23-24(21(18)25)20-5-3-4-10-22-20/h3-6,8,10-13H,7,9H2,1-2H3. The van der Waals surface area contributed by atoms with Gasteiger partial charge >= 0.3 is 0 Å². The van der Waals surface area contributed by atoms with Gasteiger partial charge in [0.1, 0.15) is 5.75 Å². The van der Waals surface area contributed by atoms with Crippen LogP contribution < -0.4 is 10.3 Å². The first-order valence-electron chi connectivity index (χ1n) is 8.55. The largest absolute Gasteiger partial charge is 0.496 e. The van der Waals surface area contributed by atoms with Crippen LogP contribution in [0, 0.1) is 6.92 Å². The molecule has 0 radical (unpaired) electrons. The van der Waals surface area contributed by atoms with Crippen LogP contribution in [0.1, 0.15) is 28.7 Å². The summed E-state index contributed by atoms with van der Waals surface area (Å²) in [6.07, 6.45) is 6.90. The highest BCUT2D eigenvalue weighted by Gasteiger charge is 2.19. The second kappa shape index (κ2) is 6.59. The van der Waals surface area contributed by atoms with E-state index in [0.29, 0.717) is 12.2 Å². The molecule has 0 aliphatic heterocycles. The van der Waals surface area contributed by atoms with Gasteiger partial charge in [-0.2, -0.15) is 9.78 Å². The molecule has 5 nitrogen and oxygen atoms in total. The number of fused-ring (bicyclic) bond motifs is 1. The molecule has 0 fully saturated rings. The van der Waals surface area contributed by atoms with E-state index in [2.05, 4.69) is 22.2 Å². The minimum atomic E-state index is -0.104. The van der Waals surface area contributed by atoms with Crippen LogP contribution in [0.3, 0.4) is 0 Å². The third-order valence-corrected chi connectivity index (χ3v) is 4.65. The topological polar surface area (TPSA) is 57.0 Å². The third-order valence-electron chi connectivity index (χ3n) is 4.65. The molecule has 0 saturated carbocycles.